The molecule has 1 N–H and O–H groups in total. The number of aliphatic carboxylic acids is 1. The van der Waals surface area contributed by atoms with E-state index in [0.717, 1.165) is 35.9 Å². The van der Waals surface area contributed by atoms with Gasteiger partial charge in [0.15, 0.2) is 0 Å². The number of nitrogens with zero attached hydrogens (tertiary/aromatic N) is 1. The van der Waals surface area contributed by atoms with Crippen LogP contribution in [-0.4, -0.2) is 23.5 Å². The van der Waals surface area contributed by atoms with Crippen molar-refractivity contribution in [3.8, 4) is 0 Å². The predicted molar refractivity (Wildman–Crippen MR) is 69.4 cm³/mol. The second kappa shape index (κ2) is 5.04. The number of aryl methyl sites for hydroxylation is 1. The molecule has 0 unspecified atom stereocenters. The molecule has 0 aliphatic carbocycles. The number of hydrogen-bond donors (Lipinski definition) is 1. The molecule has 1 heterocycles. The molecule has 0 saturated carbocycles. The van der Waals surface area contributed by atoms with E-state index in [1.54, 1.807) is 11.0 Å². The summed E-state index contributed by atoms with van der Waals surface area (Å²) in [6.45, 7) is 2.65. The number of carboxylic acids is 1. The fraction of sp³-hybridized carbons (Fsp3) is 0.286. The first-order chi connectivity index (χ1) is 8.58. The minimum absolute atomic E-state index is 0.131. The van der Waals surface area contributed by atoms with Gasteiger partial charge >= 0.3 is 5.97 Å². The van der Waals surface area contributed by atoms with E-state index in [-0.39, 0.29) is 5.91 Å². The van der Waals surface area contributed by atoms with Gasteiger partial charge in [-0.15, -0.1) is 0 Å². The van der Waals surface area contributed by atoms with Crippen LogP contribution in [0.2, 0.25) is 0 Å². The van der Waals surface area contributed by atoms with Gasteiger partial charge in [0.2, 0.25) is 5.91 Å². The Balaban J connectivity index is 2.31. The average Bonchev–Trinajstić information content (AvgIpc) is 2.74. The molecule has 0 bridgehead atoms. The highest BCUT2D eigenvalue weighted by Gasteiger charge is 2.21. The van der Waals surface area contributed by atoms with Gasteiger partial charge in [-0.2, -0.15) is 0 Å². The van der Waals surface area contributed by atoms with Gasteiger partial charge in [0.05, 0.1) is 0 Å². The molecule has 1 aromatic carbocycles. The summed E-state index contributed by atoms with van der Waals surface area (Å²) < 4.78 is 0. The minimum Gasteiger partial charge on any atom is -0.478 e. The molecule has 1 aliphatic heterocycles. The predicted octanol–water partition coefficient (Wildman–Crippen LogP) is 2.22. The SMILES string of the molecule is Cc1ccc(N2CCCC2=O)cc1/C=C/C(=O)O. The summed E-state index contributed by atoms with van der Waals surface area (Å²) >= 11 is 0. The Labute approximate surface area is 106 Å². The Kier molecular flexibility index (Phi) is 3.46. The summed E-state index contributed by atoms with van der Waals surface area (Å²) in [5, 5.41) is 8.64. The smallest absolute Gasteiger partial charge is 0.328 e. The second-order valence-corrected chi connectivity index (χ2v) is 4.36. The summed E-state index contributed by atoms with van der Waals surface area (Å²) in [5.74, 6) is -0.843. The molecule has 2 rings (SSSR count). The number of amides is 1. The Bertz CT molecular complexity index is 520. The topological polar surface area (TPSA) is 57.6 Å². The van der Waals surface area contributed by atoms with Crippen molar-refractivity contribution in [2.45, 2.75) is 19.8 Å². The van der Waals surface area contributed by atoms with Crippen molar-refractivity contribution in [2.24, 2.45) is 0 Å². The zero-order chi connectivity index (χ0) is 13.1. The van der Waals surface area contributed by atoms with E-state index in [1.165, 1.54) is 0 Å². The van der Waals surface area contributed by atoms with E-state index < -0.39 is 5.97 Å². The molecular weight excluding hydrogens is 230 g/mol. The zero-order valence-electron chi connectivity index (χ0n) is 10.2. The highest BCUT2D eigenvalue weighted by Crippen LogP contribution is 2.24. The van der Waals surface area contributed by atoms with E-state index in [9.17, 15) is 9.59 Å². The van der Waals surface area contributed by atoms with Crippen LogP contribution in [-0.2, 0) is 9.59 Å². The Morgan fingerprint density at radius 2 is 2.22 bits per heavy atom. The van der Waals surface area contributed by atoms with Crippen molar-refractivity contribution in [2.75, 3.05) is 11.4 Å². The monoisotopic (exact) mass is 245 g/mol. The van der Waals surface area contributed by atoms with Crippen molar-refractivity contribution >= 4 is 23.6 Å². The fourth-order valence-corrected chi connectivity index (χ4v) is 2.06. The van der Waals surface area contributed by atoms with Crippen LogP contribution in [0.15, 0.2) is 24.3 Å². The van der Waals surface area contributed by atoms with Crippen LogP contribution in [0.5, 0.6) is 0 Å². The zero-order valence-corrected chi connectivity index (χ0v) is 10.2. The van der Waals surface area contributed by atoms with Crippen LogP contribution < -0.4 is 4.90 Å². The third-order valence-electron chi connectivity index (χ3n) is 3.05. The van der Waals surface area contributed by atoms with Crippen molar-refractivity contribution in [1.29, 1.82) is 0 Å². The van der Waals surface area contributed by atoms with E-state index in [2.05, 4.69) is 0 Å². The van der Waals surface area contributed by atoms with Crippen molar-refractivity contribution < 1.29 is 14.7 Å². The maximum atomic E-state index is 11.7. The van der Waals surface area contributed by atoms with E-state index in [4.69, 9.17) is 5.11 Å². The number of rotatable bonds is 3. The lowest BCUT2D eigenvalue weighted by Gasteiger charge is -2.16. The van der Waals surface area contributed by atoms with E-state index in [0.29, 0.717) is 6.42 Å². The largest absolute Gasteiger partial charge is 0.478 e. The highest BCUT2D eigenvalue weighted by molar-refractivity contribution is 5.95. The van der Waals surface area contributed by atoms with Crippen LogP contribution in [0.25, 0.3) is 6.08 Å². The van der Waals surface area contributed by atoms with Gasteiger partial charge < -0.3 is 10.0 Å². The molecule has 0 atom stereocenters. The molecule has 18 heavy (non-hydrogen) atoms. The van der Waals surface area contributed by atoms with Crippen molar-refractivity contribution in [3.63, 3.8) is 0 Å². The number of hydrogen-bond acceptors (Lipinski definition) is 2. The molecule has 1 aliphatic rings. The van der Waals surface area contributed by atoms with Crippen LogP contribution in [0.1, 0.15) is 24.0 Å². The quantitative estimate of drug-likeness (QED) is 0.831. The summed E-state index contributed by atoms with van der Waals surface area (Å²) in [7, 11) is 0. The van der Waals surface area contributed by atoms with E-state index in [1.807, 2.05) is 25.1 Å². The van der Waals surface area contributed by atoms with Crippen molar-refractivity contribution in [3.05, 3.63) is 35.4 Å². The number of carboxylic acid groups (broad SMARTS) is 1. The summed E-state index contributed by atoms with van der Waals surface area (Å²) in [6, 6.07) is 5.66. The Morgan fingerprint density at radius 3 is 2.83 bits per heavy atom. The summed E-state index contributed by atoms with van der Waals surface area (Å²) in [5.41, 5.74) is 2.66. The first-order valence-electron chi connectivity index (χ1n) is 5.90. The van der Waals surface area contributed by atoms with Gasteiger partial charge in [0.25, 0.3) is 0 Å². The second-order valence-electron chi connectivity index (χ2n) is 4.36. The lowest BCUT2D eigenvalue weighted by Crippen LogP contribution is -2.23. The normalized spacial score (nSPS) is 15.6. The number of carbonyl (C=O) groups is 2. The van der Waals surface area contributed by atoms with Crippen LogP contribution in [0.3, 0.4) is 0 Å². The molecule has 1 fully saturated rings. The van der Waals surface area contributed by atoms with Gasteiger partial charge in [-0.1, -0.05) is 6.07 Å². The van der Waals surface area contributed by atoms with Gasteiger partial charge in [-0.05, 0) is 42.7 Å². The van der Waals surface area contributed by atoms with Gasteiger partial charge in [-0.25, -0.2) is 4.79 Å². The number of benzene rings is 1. The van der Waals surface area contributed by atoms with Crippen LogP contribution in [0, 0.1) is 6.92 Å². The lowest BCUT2D eigenvalue weighted by atomic mass is 10.1. The van der Waals surface area contributed by atoms with E-state index >= 15 is 0 Å². The molecule has 0 radical (unpaired) electrons. The molecule has 1 saturated heterocycles. The van der Waals surface area contributed by atoms with Crippen molar-refractivity contribution in [1.82, 2.24) is 0 Å². The standard InChI is InChI=1S/C14H15NO3/c1-10-4-6-12(15-8-2-3-13(15)16)9-11(10)5-7-14(17)18/h4-7,9H,2-3,8H2,1H3,(H,17,18)/b7-5+. The van der Waals surface area contributed by atoms with Crippen LogP contribution in [0.4, 0.5) is 5.69 Å². The Hall–Kier alpha value is -2.10. The average molecular weight is 245 g/mol. The maximum Gasteiger partial charge on any atom is 0.328 e. The van der Waals surface area contributed by atoms with Crippen LogP contribution >= 0.6 is 0 Å². The lowest BCUT2D eigenvalue weighted by molar-refractivity contribution is -0.131. The number of carbonyl (C=O) groups excluding carboxylic acids is 1. The molecule has 0 aromatic heterocycles. The summed E-state index contributed by atoms with van der Waals surface area (Å²) in [6.07, 6.45) is 4.14. The summed E-state index contributed by atoms with van der Waals surface area (Å²) in [4.78, 5) is 23.9. The molecule has 1 amide bonds. The molecule has 1 aromatic rings. The molecule has 0 spiro atoms. The van der Waals surface area contributed by atoms with Gasteiger partial charge in [-0.3, -0.25) is 4.79 Å². The molecular formula is C14H15NO3. The van der Waals surface area contributed by atoms with Gasteiger partial charge in [0.1, 0.15) is 0 Å². The fourth-order valence-electron chi connectivity index (χ4n) is 2.06. The maximum absolute atomic E-state index is 11.7. The Morgan fingerprint density at radius 1 is 1.44 bits per heavy atom. The molecule has 4 heteroatoms. The highest BCUT2D eigenvalue weighted by atomic mass is 16.4. The first kappa shape index (κ1) is 12.4. The number of anilines is 1. The third-order valence-corrected chi connectivity index (χ3v) is 3.05. The third kappa shape index (κ3) is 2.59. The molecule has 4 nitrogen and oxygen atoms in total. The van der Waals surface area contributed by atoms with Gasteiger partial charge in [0, 0.05) is 24.7 Å². The minimum atomic E-state index is -0.975. The molecule has 94 valence electrons. The first-order valence-corrected chi connectivity index (χ1v) is 5.90.